The molecule has 0 amide bonds. The fraction of sp³-hybridized carbons (Fsp3) is 0.333. The summed E-state index contributed by atoms with van der Waals surface area (Å²) in [4.78, 5) is 21.5. The fourth-order valence-corrected chi connectivity index (χ4v) is 1.45. The third kappa shape index (κ3) is 4.07. The van der Waals surface area contributed by atoms with Crippen molar-refractivity contribution in [3.63, 3.8) is 0 Å². The molecule has 8 heteroatoms. The van der Waals surface area contributed by atoms with Crippen LogP contribution in [0.4, 0.5) is 26.3 Å². The second-order valence-electron chi connectivity index (χ2n) is 3.92. The second-order valence-corrected chi connectivity index (χ2v) is 3.92. The number of aldehydes is 1. The Morgan fingerprint density at radius 1 is 0.950 bits per heavy atom. The summed E-state index contributed by atoms with van der Waals surface area (Å²) in [5, 5.41) is 0. The zero-order chi connectivity index (χ0) is 15.6. The van der Waals surface area contributed by atoms with Crippen LogP contribution in [0, 0.1) is 0 Å². The lowest BCUT2D eigenvalue weighted by molar-refractivity contribution is -0.143. The number of halogens is 6. The van der Waals surface area contributed by atoms with Gasteiger partial charge in [0.2, 0.25) is 0 Å². The molecule has 0 fully saturated rings. The van der Waals surface area contributed by atoms with Gasteiger partial charge in [0.25, 0.3) is 0 Å². The van der Waals surface area contributed by atoms with Gasteiger partial charge in [0.15, 0.2) is 5.78 Å². The van der Waals surface area contributed by atoms with Crippen molar-refractivity contribution in [1.82, 2.24) is 0 Å². The van der Waals surface area contributed by atoms with Crippen LogP contribution >= 0.6 is 0 Å². The van der Waals surface area contributed by atoms with E-state index in [0.717, 1.165) is 0 Å². The SMILES string of the molecule is O=CCCC(=O)c1cc(C(F)(F)F)cc(C(F)(F)F)c1. The Balaban J connectivity index is 3.31. The van der Waals surface area contributed by atoms with E-state index in [9.17, 15) is 35.9 Å². The van der Waals surface area contributed by atoms with Crippen LogP contribution in [-0.4, -0.2) is 12.1 Å². The van der Waals surface area contributed by atoms with Crippen LogP contribution in [0.25, 0.3) is 0 Å². The number of benzene rings is 1. The van der Waals surface area contributed by atoms with Crippen LogP contribution in [-0.2, 0) is 17.1 Å². The first-order valence-electron chi connectivity index (χ1n) is 5.32. The number of hydrogen-bond donors (Lipinski definition) is 0. The molecule has 0 unspecified atom stereocenters. The Labute approximate surface area is 109 Å². The lowest BCUT2D eigenvalue weighted by atomic mass is 10.00. The molecule has 0 aliphatic heterocycles. The molecule has 0 radical (unpaired) electrons. The fourth-order valence-electron chi connectivity index (χ4n) is 1.45. The average molecular weight is 298 g/mol. The molecular weight excluding hydrogens is 290 g/mol. The summed E-state index contributed by atoms with van der Waals surface area (Å²) >= 11 is 0. The predicted octanol–water partition coefficient (Wildman–Crippen LogP) is 3.89. The van der Waals surface area contributed by atoms with Gasteiger partial charge in [-0.25, -0.2) is 0 Å². The maximum Gasteiger partial charge on any atom is 0.416 e. The molecule has 0 bridgehead atoms. The van der Waals surface area contributed by atoms with Crippen molar-refractivity contribution >= 4 is 12.1 Å². The number of ketones is 1. The normalized spacial score (nSPS) is 12.3. The predicted molar refractivity (Wildman–Crippen MR) is 56.1 cm³/mol. The molecular formula is C12H8F6O2. The van der Waals surface area contributed by atoms with E-state index in [1.165, 1.54) is 0 Å². The molecule has 0 saturated heterocycles. The molecule has 1 aromatic carbocycles. The third-order valence-electron chi connectivity index (χ3n) is 2.40. The molecule has 0 saturated carbocycles. The first kappa shape index (κ1) is 16.2. The van der Waals surface area contributed by atoms with E-state index >= 15 is 0 Å². The van der Waals surface area contributed by atoms with Crippen molar-refractivity contribution in [1.29, 1.82) is 0 Å². The Kier molecular flexibility index (Phi) is 4.57. The minimum Gasteiger partial charge on any atom is -0.303 e. The summed E-state index contributed by atoms with van der Waals surface area (Å²) in [6.45, 7) is 0. The molecule has 1 aromatic rings. The average Bonchev–Trinajstić information content (AvgIpc) is 2.33. The largest absolute Gasteiger partial charge is 0.416 e. The lowest BCUT2D eigenvalue weighted by Gasteiger charge is -2.13. The van der Waals surface area contributed by atoms with Gasteiger partial charge in [-0.3, -0.25) is 4.79 Å². The highest BCUT2D eigenvalue weighted by Crippen LogP contribution is 2.36. The number of rotatable bonds is 4. The number of carbonyl (C=O) groups excluding carboxylic acids is 2. The number of carbonyl (C=O) groups is 2. The van der Waals surface area contributed by atoms with Gasteiger partial charge in [0.05, 0.1) is 11.1 Å². The summed E-state index contributed by atoms with van der Waals surface area (Å²) in [6, 6.07) is 0.640. The van der Waals surface area contributed by atoms with Crippen LogP contribution < -0.4 is 0 Å². The topological polar surface area (TPSA) is 34.1 Å². The van der Waals surface area contributed by atoms with Crippen molar-refractivity contribution < 1.29 is 35.9 Å². The van der Waals surface area contributed by atoms with Crippen LogP contribution in [0.3, 0.4) is 0 Å². The summed E-state index contributed by atoms with van der Waals surface area (Å²) in [7, 11) is 0. The highest BCUT2D eigenvalue weighted by Gasteiger charge is 2.37. The van der Waals surface area contributed by atoms with Crippen molar-refractivity contribution in [2.75, 3.05) is 0 Å². The quantitative estimate of drug-likeness (QED) is 0.480. The summed E-state index contributed by atoms with van der Waals surface area (Å²) in [5.74, 6) is -0.950. The Bertz CT molecular complexity index is 483. The highest BCUT2D eigenvalue weighted by atomic mass is 19.4. The molecule has 110 valence electrons. The van der Waals surface area contributed by atoms with E-state index in [-0.39, 0.29) is 12.5 Å². The van der Waals surface area contributed by atoms with E-state index in [4.69, 9.17) is 0 Å². The number of Topliss-reactive ketones (excluding diaryl/α,β-unsaturated/α-hetero) is 1. The first-order chi connectivity index (χ1) is 9.05. The molecule has 1 rings (SSSR count). The third-order valence-corrected chi connectivity index (χ3v) is 2.40. The maximum atomic E-state index is 12.5. The van der Waals surface area contributed by atoms with Gasteiger partial charge in [-0.2, -0.15) is 26.3 Å². The molecule has 0 N–H and O–H groups in total. The van der Waals surface area contributed by atoms with Gasteiger partial charge in [0.1, 0.15) is 6.29 Å². The van der Waals surface area contributed by atoms with Gasteiger partial charge in [0, 0.05) is 18.4 Å². The van der Waals surface area contributed by atoms with Gasteiger partial charge in [-0.15, -0.1) is 0 Å². The zero-order valence-corrected chi connectivity index (χ0v) is 9.81. The van der Waals surface area contributed by atoms with Crippen LogP contribution in [0.2, 0.25) is 0 Å². The minimum atomic E-state index is -5.00. The van der Waals surface area contributed by atoms with E-state index in [0.29, 0.717) is 18.4 Å². The second kappa shape index (κ2) is 5.64. The van der Waals surface area contributed by atoms with Crippen molar-refractivity contribution in [3.05, 3.63) is 34.9 Å². The minimum absolute atomic E-state index is 0.0590. The van der Waals surface area contributed by atoms with Crippen molar-refractivity contribution in [3.8, 4) is 0 Å². The summed E-state index contributed by atoms with van der Waals surface area (Å²) in [5.41, 5.74) is -3.82. The van der Waals surface area contributed by atoms with E-state index in [2.05, 4.69) is 0 Å². The smallest absolute Gasteiger partial charge is 0.303 e. The lowest BCUT2D eigenvalue weighted by Crippen LogP contribution is -2.13. The highest BCUT2D eigenvalue weighted by molar-refractivity contribution is 5.97. The molecule has 2 nitrogen and oxygen atoms in total. The van der Waals surface area contributed by atoms with Gasteiger partial charge >= 0.3 is 12.4 Å². The van der Waals surface area contributed by atoms with Gasteiger partial charge in [-0.05, 0) is 18.2 Å². The Hall–Kier alpha value is -1.86. The van der Waals surface area contributed by atoms with Crippen molar-refractivity contribution in [2.45, 2.75) is 25.2 Å². The van der Waals surface area contributed by atoms with E-state index in [1.54, 1.807) is 0 Å². The molecule has 0 heterocycles. The summed E-state index contributed by atoms with van der Waals surface area (Å²) < 4.78 is 75.1. The Morgan fingerprint density at radius 3 is 1.75 bits per heavy atom. The zero-order valence-electron chi connectivity index (χ0n) is 9.81. The molecule has 0 atom stereocenters. The van der Waals surface area contributed by atoms with Crippen LogP contribution in [0.15, 0.2) is 18.2 Å². The molecule has 20 heavy (non-hydrogen) atoms. The van der Waals surface area contributed by atoms with Crippen LogP contribution in [0.1, 0.15) is 34.3 Å². The van der Waals surface area contributed by atoms with Crippen molar-refractivity contribution in [2.24, 2.45) is 0 Å². The van der Waals surface area contributed by atoms with Gasteiger partial charge < -0.3 is 4.79 Å². The molecule has 0 spiro atoms. The monoisotopic (exact) mass is 298 g/mol. The number of alkyl halides is 6. The molecule has 0 aliphatic rings. The molecule has 0 aromatic heterocycles. The van der Waals surface area contributed by atoms with E-state index in [1.807, 2.05) is 0 Å². The molecule has 0 aliphatic carbocycles. The first-order valence-corrected chi connectivity index (χ1v) is 5.32. The number of hydrogen-bond acceptors (Lipinski definition) is 2. The van der Waals surface area contributed by atoms with Crippen LogP contribution in [0.5, 0.6) is 0 Å². The van der Waals surface area contributed by atoms with E-state index < -0.39 is 41.2 Å². The van der Waals surface area contributed by atoms with Gasteiger partial charge in [-0.1, -0.05) is 0 Å². The Morgan fingerprint density at radius 2 is 1.40 bits per heavy atom. The maximum absolute atomic E-state index is 12.5. The summed E-state index contributed by atoms with van der Waals surface area (Å²) in [6.07, 6.45) is -10.4. The standard InChI is InChI=1S/C12H8F6O2/c13-11(14,15)8-4-7(10(20)2-1-3-19)5-9(6-8)12(16,17)18/h3-6H,1-2H2.